The Hall–Kier alpha value is -2.36. The first-order valence-electron chi connectivity index (χ1n) is 7.65. The molecule has 0 aliphatic heterocycles. The minimum absolute atomic E-state index is 0.0858. The minimum Gasteiger partial charge on any atom is -0.619 e. The third-order valence-electron chi connectivity index (χ3n) is 3.95. The van der Waals surface area contributed by atoms with Gasteiger partial charge < -0.3 is 9.94 Å². The molecule has 0 saturated heterocycles. The number of aryl methyl sites for hydroxylation is 2. The number of rotatable bonds is 3. The maximum absolute atomic E-state index is 12.0. The minimum atomic E-state index is -0.427. The Morgan fingerprint density at radius 3 is 2.13 bits per heavy atom. The van der Waals surface area contributed by atoms with E-state index in [1.165, 1.54) is 30.1 Å². The van der Waals surface area contributed by atoms with Crippen LogP contribution in [0.5, 0.6) is 0 Å². The summed E-state index contributed by atoms with van der Waals surface area (Å²) < 4.78 is 6.03. The van der Waals surface area contributed by atoms with E-state index in [9.17, 15) is 10.0 Å². The van der Waals surface area contributed by atoms with Crippen molar-refractivity contribution in [3.63, 3.8) is 0 Å². The molecule has 0 N–H and O–H groups in total. The van der Waals surface area contributed by atoms with Gasteiger partial charge in [-0.3, -0.25) is 0 Å². The van der Waals surface area contributed by atoms with Crippen molar-refractivity contribution in [2.24, 2.45) is 0 Å². The molecule has 1 heterocycles. The third kappa shape index (κ3) is 4.09. The van der Waals surface area contributed by atoms with Gasteiger partial charge >= 0.3 is 5.97 Å². The van der Waals surface area contributed by atoms with Gasteiger partial charge in [0.05, 0.1) is 5.56 Å². The Balaban J connectivity index is 2.14. The van der Waals surface area contributed by atoms with Gasteiger partial charge in [-0.15, -0.1) is 0 Å². The van der Waals surface area contributed by atoms with Gasteiger partial charge in [-0.2, -0.15) is 4.73 Å². The molecule has 23 heavy (non-hydrogen) atoms. The zero-order valence-corrected chi connectivity index (χ0v) is 14.3. The second-order valence-electron chi connectivity index (χ2n) is 6.86. The highest BCUT2D eigenvalue weighted by atomic mass is 16.5. The molecule has 2 rings (SSSR count). The molecule has 0 radical (unpaired) electrons. The lowest BCUT2D eigenvalue weighted by Crippen LogP contribution is -2.24. The largest absolute Gasteiger partial charge is 0.619 e. The molecule has 4 heteroatoms. The Kier molecular flexibility index (Phi) is 4.73. The summed E-state index contributed by atoms with van der Waals surface area (Å²) >= 11 is 0. The molecule has 0 spiro atoms. The van der Waals surface area contributed by atoms with Gasteiger partial charge in [0, 0.05) is 12.1 Å². The van der Waals surface area contributed by atoms with E-state index in [-0.39, 0.29) is 12.0 Å². The van der Waals surface area contributed by atoms with E-state index in [2.05, 4.69) is 32.9 Å². The molecular formula is C19H23NO3. The summed E-state index contributed by atoms with van der Waals surface area (Å²) in [6.45, 7) is 10.8. The van der Waals surface area contributed by atoms with Crippen LogP contribution in [0, 0.1) is 19.1 Å². The van der Waals surface area contributed by atoms with Crippen LogP contribution in [0.4, 0.5) is 0 Å². The highest BCUT2D eigenvalue weighted by molar-refractivity contribution is 5.89. The highest BCUT2D eigenvalue weighted by Crippen LogP contribution is 2.27. The van der Waals surface area contributed by atoms with E-state index < -0.39 is 5.97 Å². The monoisotopic (exact) mass is 313 g/mol. The molecule has 1 aromatic carbocycles. The van der Waals surface area contributed by atoms with E-state index in [0.717, 1.165) is 16.7 Å². The molecule has 0 aliphatic rings. The van der Waals surface area contributed by atoms with Crippen LogP contribution >= 0.6 is 0 Å². The van der Waals surface area contributed by atoms with Crippen molar-refractivity contribution in [3.05, 3.63) is 69.7 Å². The average molecular weight is 313 g/mol. The molecular weight excluding hydrogens is 290 g/mol. The van der Waals surface area contributed by atoms with Crippen molar-refractivity contribution >= 4 is 5.97 Å². The molecule has 0 atom stereocenters. The van der Waals surface area contributed by atoms with Crippen LogP contribution in [-0.2, 0) is 16.8 Å². The van der Waals surface area contributed by atoms with Crippen molar-refractivity contribution < 1.29 is 14.3 Å². The molecule has 0 fully saturated rings. The number of benzene rings is 1. The number of hydrogen-bond acceptors (Lipinski definition) is 3. The molecule has 0 unspecified atom stereocenters. The summed E-state index contributed by atoms with van der Waals surface area (Å²) in [5.41, 5.74) is 4.99. The highest BCUT2D eigenvalue weighted by Gasteiger charge is 2.17. The number of carbonyl (C=O) groups excluding carboxylic acids is 1. The Labute approximate surface area is 137 Å². The van der Waals surface area contributed by atoms with E-state index >= 15 is 0 Å². The molecule has 0 bridgehead atoms. The quantitative estimate of drug-likeness (QED) is 0.494. The smallest absolute Gasteiger partial charge is 0.338 e. The number of ether oxygens (including phenoxy) is 1. The zero-order chi connectivity index (χ0) is 17.2. The topological polar surface area (TPSA) is 53.2 Å². The Morgan fingerprint density at radius 1 is 1.13 bits per heavy atom. The lowest BCUT2D eigenvalue weighted by molar-refractivity contribution is -0.605. The molecule has 0 amide bonds. The van der Waals surface area contributed by atoms with Crippen LogP contribution in [0.2, 0.25) is 0 Å². The van der Waals surface area contributed by atoms with Crippen LogP contribution in [0.15, 0.2) is 36.7 Å². The maximum Gasteiger partial charge on any atom is 0.338 e. The predicted molar refractivity (Wildman–Crippen MR) is 89.1 cm³/mol. The number of aromatic nitrogens is 1. The molecule has 1 aromatic heterocycles. The number of nitrogens with zero attached hydrogens (tertiary/aromatic N) is 1. The summed E-state index contributed by atoms with van der Waals surface area (Å²) in [6, 6.07) is 7.22. The number of esters is 1. The van der Waals surface area contributed by atoms with Gasteiger partial charge in [-0.25, -0.2) is 4.79 Å². The summed E-state index contributed by atoms with van der Waals surface area (Å²) in [6.07, 6.45) is 2.57. The number of hydrogen-bond donors (Lipinski definition) is 0. The fourth-order valence-electron chi connectivity index (χ4n) is 2.42. The van der Waals surface area contributed by atoms with Crippen LogP contribution in [0.1, 0.15) is 53.4 Å². The predicted octanol–water partition coefficient (Wildman–Crippen LogP) is 3.59. The van der Waals surface area contributed by atoms with Crippen molar-refractivity contribution in [2.45, 2.75) is 46.6 Å². The van der Waals surface area contributed by atoms with Gasteiger partial charge in [0.15, 0.2) is 12.4 Å². The second kappa shape index (κ2) is 6.41. The lowest BCUT2D eigenvalue weighted by atomic mass is 9.84. The molecule has 0 saturated carbocycles. The van der Waals surface area contributed by atoms with Crippen LogP contribution in [0.3, 0.4) is 0 Å². The SMILES string of the molecule is Cc1cc(C(C)(C)C)cc(C)c1COC(=O)c1cc[n+]([O-])cc1. The molecule has 0 aliphatic carbocycles. The second-order valence-corrected chi connectivity index (χ2v) is 6.86. The Morgan fingerprint density at radius 2 is 1.65 bits per heavy atom. The van der Waals surface area contributed by atoms with Crippen molar-refractivity contribution in [1.29, 1.82) is 0 Å². The van der Waals surface area contributed by atoms with Crippen LogP contribution in [-0.4, -0.2) is 5.97 Å². The maximum atomic E-state index is 12.0. The van der Waals surface area contributed by atoms with Crippen molar-refractivity contribution in [2.75, 3.05) is 0 Å². The summed E-state index contributed by atoms with van der Waals surface area (Å²) in [7, 11) is 0. The summed E-state index contributed by atoms with van der Waals surface area (Å²) in [5, 5.41) is 11.0. The van der Waals surface area contributed by atoms with Crippen LogP contribution < -0.4 is 4.73 Å². The lowest BCUT2D eigenvalue weighted by Gasteiger charge is -2.22. The summed E-state index contributed by atoms with van der Waals surface area (Å²) in [5.74, 6) is -0.427. The van der Waals surface area contributed by atoms with Gasteiger partial charge in [0.1, 0.15) is 6.61 Å². The van der Waals surface area contributed by atoms with E-state index in [1.807, 2.05) is 13.8 Å². The van der Waals surface area contributed by atoms with E-state index in [4.69, 9.17) is 4.74 Å². The molecule has 122 valence electrons. The standard InChI is InChI=1S/C19H23NO3/c1-13-10-16(19(3,4)5)11-14(2)17(13)12-23-18(21)15-6-8-20(22)9-7-15/h6-11H,12H2,1-5H3. The first-order valence-corrected chi connectivity index (χ1v) is 7.65. The van der Waals surface area contributed by atoms with Crippen LogP contribution in [0.25, 0.3) is 0 Å². The number of carbonyl (C=O) groups is 1. The average Bonchev–Trinajstić information content (AvgIpc) is 2.45. The third-order valence-corrected chi connectivity index (χ3v) is 3.95. The zero-order valence-electron chi connectivity index (χ0n) is 14.3. The van der Waals surface area contributed by atoms with Gasteiger partial charge in [0.2, 0.25) is 0 Å². The fraction of sp³-hybridized carbons (Fsp3) is 0.368. The molecule has 4 nitrogen and oxygen atoms in total. The van der Waals surface area contributed by atoms with Gasteiger partial charge in [0.25, 0.3) is 0 Å². The normalized spacial score (nSPS) is 11.3. The van der Waals surface area contributed by atoms with Gasteiger partial charge in [-0.05, 0) is 41.5 Å². The van der Waals surface area contributed by atoms with E-state index in [0.29, 0.717) is 10.3 Å². The van der Waals surface area contributed by atoms with Crippen molar-refractivity contribution in [1.82, 2.24) is 0 Å². The first-order chi connectivity index (χ1) is 10.7. The molecule has 2 aromatic rings. The first kappa shape index (κ1) is 17.0. The van der Waals surface area contributed by atoms with E-state index in [1.54, 1.807) is 0 Å². The summed E-state index contributed by atoms with van der Waals surface area (Å²) in [4.78, 5) is 12.0. The Bertz CT molecular complexity index is 689. The fourth-order valence-corrected chi connectivity index (χ4v) is 2.42. The van der Waals surface area contributed by atoms with Crippen molar-refractivity contribution in [3.8, 4) is 0 Å². The number of pyridine rings is 1. The van der Waals surface area contributed by atoms with Gasteiger partial charge in [-0.1, -0.05) is 32.9 Å².